The fourth-order valence-corrected chi connectivity index (χ4v) is 3.07. The smallest absolute Gasteiger partial charge is 0.324 e. The van der Waals surface area contributed by atoms with Crippen LogP contribution in [0.25, 0.3) is 0 Å². The molecule has 0 aliphatic rings. The van der Waals surface area contributed by atoms with Crippen LogP contribution in [0.5, 0.6) is 0 Å². The molecule has 0 aliphatic heterocycles. The molecule has 7 heteroatoms. The first kappa shape index (κ1) is 16.2. The van der Waals surface area contributed by atoms with Gasteiger partial charge in [0.2, 0.25) is 0 Å². The number of urea groups is 1. The van der Waals surface area contributed by atoms with Gasteiger partial charge in [0.05, 0.1) is 12.0 Å². The molecule has 0 atom stereocenters. The number of thioether (sulfide) groups is 1. The van der Waals surface area contributed by atoms with Crippen LogP contribution in [0.2, 0.25) is 0 Å². The predicted molar refractivity (Wildman–Crippen MR) is 83.4 cm³/mol. The molecule has 19 heavy (non-hydrogen) atoms. The zero-order chi connectivity index (χ0) is 13.9. The van der Waals surface area contributed by atoms with Crippen molar-refractivity contribution < 1.29 is 4.79 Å². The minimum atomic E-state index is -0.0911. The number of aromatic amines is 1. The van der Waals surface area contributed by atoms with E-state index in [1.54, 1.807) is 6.33 Å². The van der Waals surface area contributed by atoms with Crippen LogP contribution in [0.15, 0.2) is 6.33 Å². The number of aromatic nitrogens is 2. The van der Waals surface area contributed by atoms with E-state index in [9.17, 15) is 4.79 Å². The van der Waals surface area contributed by atoms with Gasteiger partial charge in [0.25, 0.3) is 0 Å². The Morgan fingerprint density at radius 1 is 1.47 bits per heavy atom. The van der Waals surface area contributed by atoms with E-state index < -0.39 is 0 Å². The highest BCUT2D eigenvalue weighted by Crippen LogP contribution is 2.13. The molecule has 1 heterocycles. The molecule has 1 aromatic heterocycles. The lowest BCUT2D eigenvalue weighted by Gasteiger charge is -2.06. The summed E-state index contributed by atoms with van der Waals surface area (Å²) in [5.74, 6) is 2.81. The average Bonchev–Trinajstić information content (AvgIpc) is 2.80. The van der Waals surface area contributed by atoms with E-state index in [0.29, 0.717) is 0 Å². The summed E-state index contributed by atoms with van der Waals surface area (Å²) in [7, 11) is 0. The third-order valence-electron chi connectivity index (χ3n) is 2.48. The molecule has 0 aromatic carbocycles. The quantitative estimate of drug-likeness (QED) is 0.484. The fraction of sp³-hybridized carbons (Fsp3) is 0.667. The van der Waals surface area contributed by atoms with Crippen molar-refractivity contribution >= 4 is 29.7 Å². The molecule has 108 valence electrons. The summed E-state index contributed by atoms with van der Waals surface area (Å²) in [4.78, 5) is 18.6. The second-order valence-corrected chi connectivity index (χ2v) is 6.09. The summed E-state index contributed by atoms with van der Waals surface area (Å²) < 4.78 is 2.78. The Morgan fingerprint density at radius 3 is 3.00 bits per heavy atom. The van der Waals surface area contributed by atoms with Crippen molar-refractivity contribution in [3.8, 4) is 0 Å². The third kappa shape index (κ3) is 7.37. The van der Waals surface area contributed by atoms with Gasteiger partial charge < -0.3 is 10.3 Å². The Hall–Kier alpha value is -0.820. The molecule has 0 saturated carbocycles. The number of carbonyl (C=O) groups is 1. The summed E-state index contributed by atoms with van der Waals surface area (Å²) in [5, 5.41) is 2.81. The lowest BCUT2D eigenvalue weighted by Crippen LogP contribution is -2.32. The van der Waals surface area contributed by atoms with E-state index in [-0.39, 0.29) is 6.03 Å². The van der Waals surface area contributed by atoms with Crippen LogP contribution >= 0.6 is 23.7 Å². The van der Waals surface area contributed by atoms with Gasteiger partial charge in [0.1, 0.15) is 0 Å². The van der Waals surface area contributed by atoms with Gasteiger partial charge in [-0.3, -0.25) is 4.72 Å². The number of nitrogens with one attached hydrogen (secondary N) is 3. The fourth-order valence-electron chi connectivity index (χ4n) is 1.33. The Kier molecular flexibility index (Phi) is 8.57. The number of H-pyrrole nitrogens is 1. The molecule has 0 saturated heterocycles. The van der Waals surface area contributed by atoms with Crippen LogP contribution in [0.3, 0.4) is 0 Å². The molecular formula is C12H22N4OS2. The zero-order valence-corrected chi connectivity index (χ0v) is 13.1. The molecule has 0 bridgehead atoms. The van der Waals surface area contributed by atoms with Crippen molar-refractivity contribution in [2.45, 2.75) is 32.4 Å². The topological polar surface area (TPSA) is 69.8 Å². The molecular weight excluding hydrogens is 280 g/mol. The molecule has 0 radical (unpaired) electrons. The minimum absolute atomic E-state index is 0.0911. The maximum Gasteiger partial charge on any atom is 0.324 e. The molecule has 0 unspecified atom stereocenters. The summed E-state index contributed by atoms with van der Waals surface area (Å²) >= 11 is 3.27. The second-order valence-electron chi connectivity index (χ2n) is 4.09. The van der Waals surface area contributed by atoms with Crippen LogP contribution in [-0.2, 0) is 5.75 Å². The number of hydrogen-bond acceptors (Lipinski definition) is 4. The largest absolute Gasteiger partial charge is 0.348 e. The van der Waals surface area contributed by atoms with Gasteiger partial charge in [0.15, 0.2) is 0 Å². The average molecular weight is 302 g/mol. The summed E-state index contributed by atoms with van der Waals surface area (Å²) in [6.07, 6.45) is 3.84. The van der Waals surface area contributed by atoms with Crippen LogP contribution < -0.4 is 10.0 Å². The first-order valence-electron chi connectivity index (χ1n) is 6.46. The van der Waals surface area contributed by atoms with Gasteiger partial charge in [0, 0.05) is 29.5 Å². The molecule has 1 rings (SSSR count). The molecule has 0 fully saturated rings. The van der Waals surface area contributed by atoms with Crippen molar-refractivity contribution in [3.63, 3.8) is 0 Å². The third-order valence-corrected chi connectivity index (χ3v) is 4.45. The molecule has 0 spiro atoms. The van der Waals surface area contributed by atoms with Gasteiger partial charge in [-0.2, -0.15) is 11.8 Å². The zero-order valence-electron chi connectivity index (χ0n) is 11.5. The number of nitrogens with zero attached hydrogens (tertiary/aromatic N) is 1. The van der Waals surface area contributed by atoms with Crippen LogP contribution in [0.4, 0.5) is 4.79 Å². The van der Waals surface area contributed by atoms with Crippen LogP contribution in [0, 0.1) is 6.92 Å². The number of carbonyl (C=O) groups excluding carboxylic acids is 1. The van der Waals surface area contributed by atoms with Crippen molar-refractivity contribution in [3.05, 3.63) is 17.7 Å². The second kappa shape index (κ2) is 10.0. The maximum absolute atomic E-state index is 11.3. The highest BCUT2D eigenvalue weighted by molar-refractivity contribution is 8.01. The molecule has 2 amide bonds. The van der Waals surface area contributed by atoms with E-state index in [1.165, 1.54) is 11.9 Å². The standard InChI is InChI=1S/C12H22N4OS2/c1-3-4-5-13-12(17)16-19-7-6-18-8-11-10(2)14-9-15-11/h9H,3-8H2,1-2H3,(H,14,15)(H2,13,16,17). The summed E-state index contributed by atoms with van der Waals surface area (Å²) in [5.41, 5.74) is 2.24. The van der Waals surface area contributed by atoms with Gasteiger partial charge in [-0.15, -0.1) is 0 Å². The molecule has 5 nitrogen and oxygen atoms in total. The Morgan fingerprint density at radius 2 is 2.32 bits per heavy atom. The van der Waals surface area contributed by atoms with Gasteiger partial charge in [-0.1, -0.05) is 13.3 Å². The Bertz CT molecular complexity index is 370. The van der Waals surface area contributed by atoms with Crippen molar-refractivity contribution in [2.24, 2.45) is 0 Å². The Labute approximate surface area is 123 Å². The van der Waals surface area contributed by atoms with E-state index in [0.717, 1.165) is 48.0 Å². The van der Waals surface area contributed by atoms with Crippen molar-refractivity contribution in [1.29, 1.82) is 0 Å². The van der Waals surface area contributed by atoms with E-state index in [2.05, 4.69) is 26.9 Å². The van der Waals surface area contributed by atoms with Gasteiger partial charge in [-0.05, 0) is 25.3 Å². The number of rotatable bonds is 9. The maximum atomic E-state index is 11.3. The number of aryl methyl sites for hydroxylation is 1. The van der Waals surface area contributed by atoms with Crippen LogP contribution in [-0.4, -0.2) is 34.0 Å². The minimum Gasteiger partial charge on any atom is -0.348 e. The van der Waals surface area contributed by atoms with E-state index in [4.69, 9.17) is 0 Å². The highest BCUT2D eigenvalue weighted by atomic mass is 32.2. The Balaban J connectivity index is 1.94. The van der Waals surface area contributed by atoms with Gasteiger partial charge >= 0.3 is 6.03 Å². The number of imidazole rings is 1. The lowest BCUT2D eigenvalue weighted by molar-refractivity contribution is 0.246. The number of hydrogen-bond donors (Lipinski definition) is 3. The molecule has 3 N–H and O–H groups in total. The molecule has 0 aliphatic carbocycles. The summed E-state index contributed by atoms with van der Waals surface area (Å²) in [6, 6.07) is -0.0911. The van der Waals surface area contributed by atoms with E-state index >= 15 is 0 Å². The number of amides is 2. The SMILES string of the molecule is CCCCNC(=O)NSCCSCc1nc[nH]c1C. The first-order chi connectivity index (χ1) is 9.24. The van der Waals surface area contributed by atoms with Crippen LogP contribution in [0.1, 0.15) is 31.2 Å². The monoisotopic (exact) mass is 302 g/mol. The normalized spacial score (nSPS) is 10.4. The number of unbranched alkanes of at least 4 members (excludes halogenated alkanes) is 1. The first-order valence-corrected chi connectivity index (χ1v) is 8.60. The summed E-state index contributed by atoms with van der Waals surface area (Å²) in [6.45, 7) is 4.88. The lowest BCUT2D eigenvalue weighted by atomic mass is 10.3. The highest BCUT2D eigenvalue weighted by Gasteiger charge is 2.01. The van der Waals surface area contributed by atoms with Crippen molar-refractivity contribution in [2.75, 3.05) is 18.1 Å². The van der Waals surface area contributed by atoms with Crippen molar-refractivity contribution in [1.82, 2.24) is 20.0 Å². The molecule has 1 aromatic rings. The predicted octanol–water partition coefficient (Wildman–Crippen LogP) is 2.70. The van der Waals surface area contributed by atoms with E-state index in [1.807, 2.05) is 18.7 Å². The van der Waals surface area contributed by atoms with Gasteiger partial charge in [-0.25, -0.2) is 9.78 Å².